The number of anilines is 1. The molecule has 0 fully saturated rings. The molecule has 108 valence electrons. The van der Waals surface area contributed by atoms with E-state index < -0.39 is 6.09 Å². The highest BCUT2D eigenvalue weighted by Crippen LogP contribution is 2.17. The Labute approximate surface area is 121 Å². The SMILES string of the molecule is COc1cccc(N(C)C(=O)Oc2ccc(C=O)cc2)n1. The molecule has 0 saturated heterocycles. The van der Waals surface area contributed by atoms with Gasteiger partial charge >= 0.3 is 6.09 Å². The summed E-state index contributed by atoms with van der Waals surface area (Å²) in [5.74, 6) is 1.16. The Hall–Kier alpha value is -2.89. The summed E-state index contributed by atoms with van der Waals surface area (Å²) in [6.07, 6.45) is 0.132. The minimum atomic E-state index is -0.588. The lowest BCUT2D eigenvalue weighted by Crippen LogP contribution is -2.30. The average Bonchev–Trinajstić information content (AvgIpc) is 2.54. The Balaban J connectivity index is 2.09. The van der Waals surface area contributed by atoms with E-state index in [2.05, 4.69) is 4.98 Å². The molecule has 1 aromatic heterocycles. The Morgan fingerprint density at radius 1 is 1.19 bits per heavy atom. The van der Waals surface area contributed by atoms with Gasteiger partial charge in [-0.15, -0.1) is 0 Å². The predicted octanol–water partition coefficient (Wildman–Crippen LogP) is 2.54. The summed E-state index contributed by atoms with van der Waals surface area (Å²) in [7, 11) is 3.04. The Morgan fingerprint density at radius 3 is 2.52 bits per heavy atom. The zero-order chi connectivity index (χ0) is 15.2. The molecule has 0 bridgehead atoms. The number of nitrogens with zero attached hydrogens (tertiary/aromatic N) is 2. The van der Waals surface area contributed by atoms with E-state index in [-0.39, 0.29) is 0 Å². The molecule has 2 aromatic rings. The molecule has 0 radical (unpaired) electrons. The summed E-state index contributed by atoms with van der Waals surface area (Å²) in [5, 5.41) is 0. The van der Waals surface area contributed by atoms with Gasteiger partial charge in [-0.1, -0.05) is 6.07 Å². The van der Waals surface area contributed by atoms with E-state index in [9.17, 15) is 9.59 Å². The minimum Gasteiger partial charge on any atom is -0.481 e. The molecule has 1 heterocycles. The van der Waals surface area contributed by atoms with Crippen LogP contribution < -0.4 is 14.4 Å². The molecular weight excluding hydrogens is 272 g/mol. The van der Waals surface area contributed by atoms with Gasteiger partial charge in [0.2, 0.25) is 5.88 Å². The van der Waals surface area contributed by atoms with Crippen LogP contribution in [0.25, 0.3) is 0 Å². The van der Waals surface area contributed by atoms with Crippen LogP contribution in [0.2, 0.25) is 0 Å². The lowest BCUT2D eigenvalue weighted by molar-refractivity contribution is 0.112. The molecule has 0 N–H and O–H groups in total. The van der Waals surface area contributed by atoms with E-state index in [1.165, 1.54) is 12.0 Å². The number of benzene rings is 1. The Bertz CT molecular complexity index is 640. The molecule has 21 heavy (non-hydrogen) atoms. The molecule has 0 aliphatic carbocycles. The van der Waals surface area contributed by atoms with Crippen LogP contribution in [-0.4, -0.2) is 31.5 Å². The number of carbonyl (C=O) groups is 2. The van der Waals surface area contributed by atoms with E-state index in [0.29, 0.717) is 23.0 Å². The molecule has 0 aliphatic heterocycles. The highest BCUT2D eigenvalue weighted by molar-refractivity contribution is 5.87. The average molecular weight is 286 g/mol. The first-order chi connectivity index (χ1) is 10.1. The lowest BCUT2D eigenvalue weighted by Gasteiger charge is -2.16. The van der Waals surface area contributed by atoms with Crippen LogP contribution in [-0.2, 0) is 0 Å². The molecular formula is C15H14N2O4. The summed E-state index contributed by atoms with van der Waals surface area (Å²) in [5.41, 5.74) is 0.512. The number of hydrogen-bond donors (Lipinski definition) is 0. The molecule has 2 rings (SSSR count). The molecule has 0 unspecified atom stereocenters. The first kappa shape index (κ1) is 14.5. The zero-order valence-corrected chi connectivity index (χ0v) is 11.6. The largest absolute Gasteiger partial charge is 0.481 e. The second-order valence-corrected chi connectivity index (χ2v) is 4.15. The van der Waals surface area contributed by atoms with Crippen molar-refractivity contribution in [2.75, 3.05) is 19.1 Å². The fourth-order valence-corrected chi connectivity index (χ4v) is 1.58. The number of pyridine rings is 1. The third-order valence-electron chi connectivity index (χ3n) is 2.76. The molecule has 6 nitrogen and oxygen atoms in total. The van der Waals surface area contributed by atoms with Crippen LogP contribution in [0.4, 0.5) is 10.6 Å². The molecule has 0 spiro atoms. The van der Waals surface area contributed by atoms with E-state index in [1.54, 1.807) is 49.5 Å². The van der Waals surface area contributed by atoms with Gasteiger partial charge in [0.1, 0.15) is 17.9 Å². The van der Waals surface area contributed by atoms with Crippen molar-refractivity contribution in [2.45, 2.75) is 0 Å². The van der Waals surface area contributed by atoms with Gasteiger partial charge < -0.3 is 9.47 Å². The Kier molecular flexibility index (Phi) is 4.50. The number of ether oxygens (including phenoxy) is 2. The van der Waals surface area contributed by atoms with Crippen LogP contribution in [0.5, 0.6) is 11.6 Å². The van der Waals surface area contributed by atoms with Crippen molar-refractivity contribution in [1.82, 2.24) is 4.98 Å². The van der Waals surface area contributed by atoms with E-state index in [0.717, 1.165) is 6.29 Å². The van der Waals surface area contributed by atoms with Gasteiger partial charge in [-0.25, -0.2) is 4.79 Å². The van der Waals surface area contributed by atoms with Crippen molar-refractivity contribution in [3.05, 3.63) is 48.0 Å². The maximum Gasteiger partial charge on any atom is 0.420 e. The normalized spacial score (nSPS) is 9.81. The molecule has 6 heteroatoms. The number of aromatic nitrogens is 1. The molecule has 0 atom stereocenters. The smallest absolute Gasteiger partial charge is 0.420 e. The number of carbonyl (C=O) groups excluding carboxylic acids is 2. The monoisotopic (exact) mass is 286 g/mol. The summed E-state index contributed by atoms with van der Waals surface area (Å²) >= 11 is 0. The first-order valence-corrected chi connectivity index (χ1v) is 6.16. The summed E-state index contributed by atoms with van der Waals surface area (Å²) in [6.45, 7) is 0. The van der Waals surface area contributed by atoms with Crippen LogP contribution in [0.3, 0.4) is 0 Å². The summed E-state index contributed by atoms with van der Waals surface area (Å²) in [4.78, 5) is 28.0. The topological polar surface area (TPSA) is 68.7 Å². The van der Waals surface area contributed by atoms with Gasteiger partial charge in [-0.3, -0.25) is 9.69 Å². The minimum absolute atomic E-state index is 0.348. The van der Waals surface area contributed by atoms with Crippen molar-refractivity contribution in [3.8, 4) is 11.6 Å². The fourth-order valence-electron chi connectivity index (χ4n) is 1.58. The first-order valence-electron chi connectivity index (χ1n) is 6.16. The van der Waals surface area contributed by atoms with Gasteiger partial charge in [0.15, 0.2) is 0 Å². The van der Waals surface area contributed by atoms with Crippen LogP contribution in [0.1, 0.15) is 10.4 Å². The van der Waals surface area contributed by atoms with Crippen LogP contribution >= 0.6 is 0 Å². The number of amides is 1. The van der Waals surface area contributed by atoms with Crippen LogP contribution in [0, 0.1) is 0 Å². The van der Waals surface area contributed by atoms with Crippen molar-refractivity contribution in [1.29, 1.82) is 0 Å². The summed E-state index contributed by atoms with van der Waals surface area (Å²) < 4.78 is 10.2. The number of aldehydes is 1. The third-order valence-corrected chi connectivity index (χ3v) is 2.76. The van der Waals surface area contributed by atoms with Crippen molar-refractivity contribution >= 4 is 18.2 Å². The van der Waals surface area contributed by atoms with Gasteiger partial charge in [0.05, 0.1) is 7.11 Å². The van der Waals surface area contributed by atoms with Crippen molar-refractivity contribution < 1.29 is 19.1 Å². The lowest BCUT2D eigenvalue weighted by atomic mass is 10.2. The molecule has 0 saturated carbocycles. The highest BCUT2D eigenvalue weighted by atomic mass is 16.6. The quantitative estimate of drug-likeness (QED) is 0.808. The predicted molar refractivity (Wildman–Crippen MR) is 77.0 cm³/mol. The van der Waals surface area contributed by atoms with Crippen molar-refractivity contribution in [2.24, 2.45) is 0 Å². The second-order valence-electron chi connectivity index (χ2n) is 4.15. The van der Waals surface area contributed by atoms with Crippen LogP contribution in [0.15, 0.2) is 42.5 Å². The van der Waals surface area contributed by atoms with Gasteiger partial charge in [0.25, 0.3) is 0 Å². The number of hydrogen-bond acceptors (Lipinski definition) is 5. The Morgan fingerprint density at radius 2 is 1.90 bits per heavy atom. The third kappa shape index (κ3) is 3.56. The molecule has 1 amide bonds. The second kappa shape index (κ2) is 6.51. The summed E-state index contributed by atoms with van der Waals surface area (Å²) in [6, 6.07) is 11.3. The number of rotatable bonds is 4. The molecule has 0 aliphatic rings. The molecule has 1 aromatic carbocycles. The highest BCUT2D eigenvalue weighted by Gasteiger charge is 2.15. The number of methoxy groups -OCH3 is 1. The van der Waals surface area contributed by atoms with Gasteiger partial charge in [0, 0.05) is 18.7 Å². The maximum atomic E-state index is 12.0. The fraction of sp³-hybridized carbons (Fsp3) is 0.133. The maximum absolute atomic E-state index is 12.0. The van der Waals surface area contributed by atoms with E-state index in [1.807, 2.05) is 0 Å². The van der Waals surface area contributed by atoms with Gasteiger partial charge in [-0.2, -0.15) is 4.98 Å². The van der Waals surface area contributed by atoms with Gasteiger partial charge in [-0.05, 0) is 30.3 Å². The van der Waals surface area contributed by atoms with Crippen molar-refractivity contribution in [3.63, 3.8) is 0 Å². The zero-order valence-electron chi connectivity index (χ0n) is 11.6. The standard InChI is InChI=1S/C15H14N2O4/c1-17(13-4-3-5-14(16-13)20-2)15(19)21-12-8-6-11(10-18)7-9-12/h3-10H,1-2H3. The van der Waals surface area contributed by atoms with E-state index >= 15 is 0 Å². The van der Waals surface area contributed by atoms with E-state index in [4.69, 9.17) is 9.47 Å².